The average molecular weight is 336 g/mol. The van der Waals surface area contributed by atoms with E-state index in [2.05, 4.69) is 4.98 Å². The molecule has 0 radical (unpaired) electrons. The Bertz CT molecular complexity index is 673. The van der Waals surface area contributed by atoms with Crippen LogP contribution in [0.25, 0.3) is 0 Å². The standard InChI is InChI=1S/C13H15F3N2O3S/c1-9-7-18(4-5-22(20,21)8-9)12(19)10-2-3-17-6-11(10)13(14,15)16/h2-3,6,9H,4-5,7-8H2,1H3. The van der Waals surface area contributed by atoms with Crippen LogP contribution in [0.4, 0.5) is 13.2 Å². The Balaban J connectivity index is 2.33. The fraction of sp³-hybridized carbons (Fsp3) is 0.538. The van der Waals surface area contributed by atoms with Gasteiger partial charge in [0.25, 0.3) is 5.91 Å². The first-order chi connectivity index (χ1) is 10.1. The molecule has 2 rings (SSSR count). The fourth-order valence-electron chi connectivity index (χ4n) is 2.45. The minimum Gasteiger partial charge on any atom is -0.337 e. The van der Waals surface area contributed by atoms with E-state index in [1.165, 1.54) is 4.90 Å². The second-order valence-electron chi connectivity index (χ2n) is 5.39. The number of pyridine rings is 1. The number of hydrogen-bond acceptors (Lipinski definition) is 4. The molecule has 9 heteroatoms. The lowest BCUT2D eigenvalue weighted by Gasteiger charge is -2.23. The maximum atomic E-state index is 12.9. The molecule has 1 fully saturated rings. The summed E-state index contributed by atoms with van der Waals surface area (Å²) in [6.45, 7) is 1.66. The Morgan fingerprint density at radius 1 is 1.41 bits per heavy atom. The lowest BCUT2D eigenvalue weighted by molar-refractivity contribution is -0.138. The lowest BCUT2D eigenvalue weighted by atomic mass is 10.1. The van der Waals surface area contributed by atoms with E-state index in [-0.39, 0.29) is 30.5 Å². The van der Waals surface area contributed by atoms with Gasteiger partial charge in [-0.2, -0.15) is 13.2 Å². The number of sulfone groups is 1. The molecule has 1 aromatic heterocycles. The molecular formula is C13H15F3N2O3S. The van der Waals surface area contributed by atoms with Crippen LogP contribution < -0.4 is 0 Å². The van der Waals surface area contributed by atoms with Crippen LogP contribution in [0.1, 0.15) is 22.8 Å². The summed E-state index contributed by atoms with van der Waals surface area (Å²) in [6, 6.07) is 1.01. The molecular weight excluding hydrogens is 321 g/mol. The van der Waals surface area contributed by atoms with Crippen LogP contribution in [0.15, 0.2) is 18.5 Å². The van der Waals surface area contributed by atoms with E-state index in [0.717, 1.165) is 12.3 Å². The third-order valence-corrected chi connectivity index (χ3v) is 5.27. The SMILES string of the molecule is CC1CN(C(=O)c2ccncc2C(F)(F)F)CCS(=O)(=O)C1. The van der Waals surface area contributed by atoms with Crippen molar-refractivity contribution in [1.29, 1.82) is 0 Å². The van der Waals surface area contributed by atoms with Gasteiger partial charge in [0.05, 0.1) is 22.6 Å². The summed E-state index contributed by atoms with van der Waals surface area (Å²) < 4.78 is 62.2. The molecule has 1 aliphatic heterocycles. The molecule has 1 atom stereocenters. The molecule has 0 N–H and O–H groups in total. The van der Waals surface area contributed by atoms with E-state index in [1.54, 1.807) is 6.92 Å². The third kappa shape index (κ3) is 3.76. The Labute approximate surface area is 126 Å². The normalized spacial score (nSPS) is 22.2. The van der Waals surface area contributed by atoms with E-state index < -0.39 is 33.0 Å². The highest BCUT2D eigenvalue weighted by Gasteiger charge is 2.37. The van der Waals surface area contributed by atoms with Gasteiger partial charge < -0.3 is 4.90 Å². The zero-order valence-electron chi connectivity index (χ0n) is 11.8. The Morgan fingerprint density at radius 3 is 2.73 bits per heavy atom. The molecule has 0 saturated carbocycles. The highest BCUT2D eigenvalue weighted by atomic mass is 32.2. The van der Waals surface area contributed by atoms with Gasteiger partial charge in [0.15, 0.2) is 9.84 Å². The number of alkyl halides is 3. The number of amides is 1. The minimum absolute atomic E-state index is 0.0702. The summed E-state index contributed by atoms with van der Waals surface area (Å²) in [6.07, 6.45) is -2.98. The molecule has 2 heterocycles. The van der Waals surface area contributed by atoms with Gasteiger partial charge in [0.1, 0.15) is 0 Å². The second-order valence-corrected chi connectivity index (χ2v) is 7.62. The first kappa shape index (κ1) is 16.7. The average Bonchev–Trinajstić information content (AvgIpc) is 2.54. The van der Waals surface area contributed by atoms with E-state index in [9.17, 15) is 26.4 Å². The number of carbonyl (C=O) groups is 1. The summed E-state index contributed by atoms with van der Waals surface area (Å²) in [7, 11) is -3.28. The molecule has 0 bridgehead atoms. The molecule has 1 saturated heterocycles. The minimum atomic E-state index is -4.69. The van der Waals surface area contributed by atoms with Crippen LogP contribution in [-0.2, 0) is 16.0 Å². The van der Waals surface area contributed by atoms with E-state index in [4.69, 9.17) is 0 Å². The highest BCUT2D eigenvalue weighted by Crippen LogP contribution is 2.32. The van der Waals surface area contributed by atoms with Gasteiger partial charge in [-0.05, 0) is 12.0 Å². The Kier molecular flexibility index (Phi) is 4.46. The summed E-state index contributed by atoms with van der Waals surface area (Å²) in [5.74, 6) is -1.46. The third-order valence-electron chi connectivity index (χ3n) is 3.39. The first-order valence-electron chi connectivity index (χ1n) is 6.61. The number of halogens is 3. The van der Waals surface area contributed by atoms with E-state index >= 15 is 0 Å². The Morgan fingerprint density at radius 2 is 2.09 bits per heavy atom. The fourth-order valence-corrected chi connectivity index (χ4v) is 4.09. The zero-order valence-corrected chi connectivity index (χ0v) is 12.6. The molecule has 122 valence electrons. The van der Waals surface area contributed by atoms with Crippen molar-refractivity contribution in [3.05, 3.63) is 29.6 Å². The Hall–Kier alpha value is -1.64. The van der Waals surface area contributed by atoms with E-state index in [1.807, 2.05) is 0 Å². The molecule has 1 amide bonds. The number of aromatic nitrogens is 1. The predicted octanol–water partition coefficient (Wildman–Crippen LogP) is 1.61. The smallest absolute Gasteiger partial charge is 0.337 e. The number of hydrogen-bond donors (Lipinski definition) is 0. The lowest BCUT2D eigenvalue weighted by Crippen LogP contribution is -2.36. The van der Waals surface area contributed by atoms with Crippen LogP contribution in [0, 0.1) is 5.92 Å². The van der Waals surface area contributed by atoms with Gasteiger partial charge in [-0.1, -0.05) is 6.92 Å². The molecule has 22 heavy (non-hydrogen) atoms. The van der Waals surface area contributed by atoms with Crippen molar-refractivity contribution in [2.24, 2.45) is 5.92 Å². The monoisotopic (exact) mass is 336 g/mol. The summed E-state index contributed by atoms with van der Waals surface area (Å²) >= 11 is 0. The van der Waals surface area contributed by atoms with Gasteiger partial charge in [0.2, 0.25) is 0 Å². The van der Waals surface area contributed by atoms with Crippen molar-refractivity contribution in [2.75, 3.05) is 24.6 Å². The van der Waals surface area contributed by atoms with Crippen molar-refractivity contribution in [2.45, 2.75) is 13.1 Å². The van der Waals surface area contributed by atoms with Crippen molar-refractivity contribution in [1.82, 2.24) is 9.88 Å². The van der Waals surface area contributed by atoms with Crippen LogP contribution in [0.2, 0.25) is 0 Å². The van der Waals surface area contributed by atoms with Gasteiger partial charge in [-0.15, -0.1) is 0 Å². The van der Waals surface area contributed by atoms with Crippen molar-refractivity contribution in [3.8, 4) is 0 Å². The first-order valence-corrected chi connectivity index (χ1v) is 8.43. The highest BCUT2D eigenvalue weighted by molar-refractivity contribution is 7.91. The number of rotatable bonds is 1. The number of carbonyl (C=O) groups excluding carboxylic acids is 1. The molecule has 5 nitrogen and oxygen atoms in total. The van der Waals surface area contributed by atoms with E-state index in [0.29, 0.717) is 6.20 Å². The maximum absolute atomic E-state index is 12.9. The summed E-state index contributed by atoms with van der Waals surface area (Å²) in [5.41, 5.74) is -1.62. The van der Waals surface area contributed by atoms with Crippen LogP contribution in [0.3, 0.4) is 0 Å². The van der Waals surface area contributed by atoms with Crippen LogP contribution in [0.5, 0.6) is 0 Å². The predicted molar refractivity (Wildman–Crippen MR) is 73.0 cm³/mol. The zero-order chi connectivity index (χ0) is 16.5. The van der Waals surface area contributed by atoms with Crippen molar-refractivity contribution in [3.63, 3.8) is 0 Å². The van der Waals surface area contributed by atoms with Gasteiger partial charge in [0, 0.05) is 25.5 Å². The molecule has 0 spiro atoms. The summed E-state index contributed by atoms with van der Waals surface area (Å²) in [5, 5.41) is 0. The van der Waals surface area contributed by atoms with Crippen molar-refractivity contribution < 1.29 is 26.4 Å². The van der Waals surface area contributed by atoms with Crippen LogP contribution in [-0.4, -0.2) is 48.8 Å². The van der Waals surface area contributed by atoms with Gasteiger partial charge in [-0.3, -0.25) is 9.78 Å². The number of nitrogens with zero attached hydrogens (tertiary/aromatic N) is 2. The molecule has 0 aliphatic carbocycles. The molecule has 1 aliphatic rings. The van der Waals surface area contributed by atoms with Gasteiger partial charge in [-0.25, -0.2) is 8.42 Å². The maximum Gasteiger partial charge on any atom is 0.418 e. The molecule has 1 aromatic rings. The quantitative estimate of drug-likeness (QED) is 0.781. The van der Waals surface area contributed by atoms with Gasteiger partial charge >= 0.3 is 6.18 Å². The van der Waals surface area contributed by atoms with Crippen LogP contribution >= 0.6 is 0 Å². The molecule has 0 aromatic carbocycles. The summed E-state index contributed by atoms with van der Waals surface area (Å²) in [4.78, 5) is 17.0. The molecule has 1 unspecified atom stereocenters. The van der Waals surface area contributed by atoms with Crippen molar-refractivity contribution >= 4 is 15.7 Å². The largest absolute Gasteiger partial charge is 0.418 e. The topological polar surface area (TPSA) is 67.3 Å². The second kappa shape index (κ2) is 5.86.